The van der Waals surface area contributed by atoms with Crippen molar-refractivity contribution in [2.45, 2.75) is 39.3 Å². The van der Waals surface area contributed by atoms with Gasteiger partial charge >= 0.3 is 0 Å². The minimum atomic E-state index is -0.507. The van der Waals surface area contributed by atoms with Gasteiger partial charge in [-0.25, -0.2) is 0 Å². The quantitative estimate of drug-likeness (QED) is 0.919. The second-order valence-corrected chi connectivity index (χ2v) is 7.00. The highest BCUT2D eigenvalue weighted by Crippen LogP contribution is 2.29. The summed E-state index contributed by atoms with van der Waals surface area (Å²) in [6, 6.07) is 8.94. The molecule has 1 aromatic carbocycles. The second-order valence-electron chi connectivity index (χ2n) is 7.00. The molecule has 0 bridgehead atoms. The molecule has 3 heteroatoms. The zero-order chi connectivity index (χ0) is 15.2. The van der Waals surface area contributed by atoms with E-state index in [1.54, 1.807) is 0 Å². The van der Waals surface area contributed by atoms with E-state index in [-0.39, 0.29) is 0 Å². The molecule has 0 amide bonds. The van der Waals surface area contributed by atoms with Crippen LogP contribution in [0.25, 0.3) is 10.9 Å². The van der Waals surface area contributed by atoms with E-state index in [1.807, 2.05) is 6.92 Å². The first kappa shape index (κ1) is 14.6. The number of piperidine rings is 1. The number of fused-ring (bicyclic) bond motifs is 1. The number of likely N-dealkylation sites (tertiary alicyclic amines) is 1. The fourth-order valence-electron chi connectivity index (χ4n) is 3.36. The van der Waals surface area contributed by atoms with Gasteiger partial charge in [-0.1, -0.05) is 18.6 Å². The SMILES string of the molecule is Cc1ccc2c(c1)cc(CN1CC[C@](C)(O)[C@H](C)C1)n2C. The van der Waals surface area contributed by atoms with Crippen molar-refractivity contribution in [2.24, 2.45) is 13.0 Å². The van der Waals surface area contributed by atoms with Crippen LogP contribution in [-0.4, -0.2) is 33.3 Å². The summed E-state index contributed by atoms with van der Waals surface area (Å²) in [4.78, 5) is 2.46. The number of nitrogens with zero attached hydrogens (tertiary/aromatic N) is 2. The fourth-order valence-corrected chi connectivity index (χ4v) is 3.36. The van der Waals surface area contributed by atoms with Gasteiger partial charge in [0.15, 0.2) is 0 Å². The Labute approximate surface area is 127 Å². The fraction of sp³-hybridized carbons (Fsp3) is 0.556. The minimum absolute atomic E-state index is 0.322. The Morgan fingerprint density at radius 3 is 2.81 bits per heavy atom. The molecule has 0 aliphatic carbocycles. The van der Waals surface area contributed by atoms with Crippen LogP contribution in [0.4, 0.5) is 0 Å². The van der Waals surface area contributed by atoms with Crippen molar-refractivity contribution in [3.8, 4) is 0 Å². The molecule has 0 saturated carbocycles. The van der Waals surface area contributed by atoms with Gasteiger partial charge in [0.2, 0.25) is 0 Å². The lowest BCUT2D eigenvalue weighted by Gasteiger charge is -2.41. The van der Waals surface area contributed by atoms with E-state index < -0.39 is 5.60 Å². The molecule has 1 aromatic heterocycles. The molecule has 3 nitrogen and oxygen atoms in total. The lowest BCUT2D eigenvalue weighted by atomic mass is 9.84. The van der Waals surface area contributed by atoms with Crippen LogP contribution in [-0.2, 0) is 13.6 Å². The van der Waals surface area contributed by atoms with Crippen LogP contribution in [0.2, 0.25) is 0 Å². The molecule has 2 aromatic rings. The first-order chi connectivity index (χ1) is 9.87. The van der Waals surface area contributed by atoms with Crippen molar-refractivity contribution >= 4 is 10.9 Å². The Hall–Kier alpha value is -1.32. The molecule has 0 unspecified atom stereocenters. The van der Waals surface area contributed by atoms with E-state index in [0.717, 1.165) is 26.1 Å². The first-order valence-electron chi connectivity index (χ1n) is 7.86. The van der Waals surface area contributed by atoms with Gasteiger partial charge in [-0.2, -0.15) is 0 Å². The molecule has 2 atom stereocenters. The van der Waals surface area contributed by atoms with Gasteiger partial charge in [-0.3, -0.25) is 4.90 Å². The van der Waals surface area contributed by atoms with Crippen LogP contribution in [0, 0.1) is 12.8 Å². The van der Waals surface area contributed by atoms with Crippen molar-refractivity contribution in [1.82, 2.24) is 9.47 Å². The highest BCUT2D eigenvalue weighted by Gasteiger charge is 2.34. The molecule has 114 valence electrons. The predicted octanol–water partition coefficient (Wildman–Crippen LogP) is 3.08. The first-order valence-corrected chi connectivity index (χ1v) is 7.86. The van der Waals surface area contributed by atoms with Gasteiger partial charge in [0.1, 0.15) is 0 Å². The van der Waals surface area contributed by atoms with Crippen LogP contribution >= 0.6 is 0 Å². The summed E-state index contributed by atoms with van der Waals surface area (Å²) in [6.45, 7) is 9.15. The summed E-state index contributed by atoms with van der Waals surface area (Å²) in [5.41, 5.74) is 3.45. The summed E-state index contributed by atoms with van der Waals surface area (Å²) in [6.07, 6.45) is 0.858. The number of aliphatic hydroxyl groups is 1. The molecule has 1 fully saturated rings. The molecule has 0 spiro atoms. The Bertz CT molecular complexity index is 657. The molecule has 21 heavy (non-hydrogen) atoms. The molecule has 0 radical (unpaired) electrons. The van der Waals surface area contributed by atoms with Crippen molar-refractivity contribution < 1.29 is 5.11 Å². The van der Waals surface area contributed by atoms with E-state index >= 15 is 0 Å². The molecule has 3 rings (SSSR count). The van der Waals surface area contributed by atoms with Crippen molar-refractivity contribution in [1.29, 1.82) is 0 Å². The van der Waals surface area contributed by atoms with Crippen LogP contribution in [0.1, 0.15) is 31.5 Å². The zero-order valence-corrected chi connectivity index (χ0v) is 13.6. The largest absolute Gasteiger partial charge is 0.390 e. The number of hydrogen-bond donors (Lipinski definition) is 1. The Balaban J connectivity index is 1.81. The molecule has 2 heterocycles. The number of aromatic nitrogens is 1. The van der Waals surface area contributed by atoms with E-state index in [9.17, 15) is 5.11 Å². The van der Waals surface area contributed by atoms with E-state index in [1.165, 1.54) is 22.2 Å². The molecule has 1 aliphatic heterocycles. The third-order valence-electron chi connectivity index (χ3n) is 5.21. The zero-order valence-electron chi connectivity index (χ0n) is 13.6. The van der Waals surface area contributed by atoms with Crippen LogP contribution in [0.15, 0.2) is 24.3 Å². The standard InChI is InChI=1S/C18H26N2O/c1-13-5-6-17-15(9-13)10-16(19(17)4)12-20-8-7-18(3,21)14(2)11-20/h5-6,9-10,14,21H,7-8,11-12H2,1-4H3/t14-,18+/m1/s1. The highest BCUT2D eigenvalue weighted by atomic mass is 16.3. The molecule has 1 saturated heterocycles. The maximum atomic E-state index is 10.3. The number of aryl methyl sites for hydroxylation is 2. The summed E-state index contributed by atoms with van der Waals surface area (Å²) in [5.74, 6) is 0.322. The summed E-state index contributed by atoms with van der Waals surface area (Å²) < 4.78 is 2.30. The van der Waals surface area contributed by atoms with Crippen LogP contribution in [0.3, 0.4) is 0 Å². The monoisotopic (exact) mass is 286 g/mol. The molecule has 1 N–H and O–H groups in total. The molecular formula is C18H26N2O. The smallest absolute Gasteiger partial charge is 0.0669 e. The van der Waals surface area contributed by atoms with E-state index in [0.29, 0.717) is 5.92 Å². The number of benzene rings is 1. The lowest BCUT2D eigenvalue weighted by Crippen LogP contribution is -2.48. The van der Waals surface area contributed by atoms with Gasteiger partial charge in [0, 0.05) is 43.3 Å². The number of rotatable bonds is 2. The van der Waals surface area contributed by atoms with Gasteiger partial charge in [-0.15, -0.1) is 0 Å². The maximum Gasteiger partial charge on any atom is 0.0669 e. The maximum absolute atomic E-state index is 10.3. The van der Waals surface area contributed by atoms with Gasteiger partial charge in [0.25, 0.3) is 0 Å². The van der Waals surface area contributed by atoms with E-state index in [2.05, 4.69) is 54.6 Å². The van der Waals surface area contributed by atoms with Crippen molar-refractivity contribution in [3.05, 3.63) is 35.5 Å². The summed E-state index contributed by atoms with van der Waals surface area (Å²) >= 11 is 0. The van der Waals surface area contributed by atoms with Crippen LogP contribution in [0.5, 0.6) is 0 Å². The molecule has 1 aliphatic rings. The average Bonchev–Trinajstić information content (AvgIpc) is 2.71. The Morgan fingerprint density at radius 1 is 1.33 bits per heavy atom. The second kappa shape index (κ2) is 5.15. The molecular weight excluding hydrogens is 260 g/mol. The van der Waals surface area contributed by atoms with E-state index in [4.69, 9.17) is 0 Å². The number of hydrogen-bond acceptors (Lipinski definition) is 2. The third-order valence-corrected chi connectivity index (χ3v) is 5.21. The Kier molecular flexibility index (Phi) is 3.58. The third kappa shape index (κ3) is 2.72. The van der Waals surface area contributed by atoms with Gasteiger partial charge < -0.3 is 9.67 Å². The normalized spacial score (nSPS) is 27.4. The predicted molar refractivity (Wildman–Crippen MR) is 87.3 cm³/mol. The summed E-state index contributed by atoms with van der Waals surface area (Å²) in [5, 5.41) is 11.6. The minimum Gasteiger partial charge on any atom is -0.390 e. The van der Waals surface area contributed by atoms with Crippen molar-refractivity contribution in [3.63, 3.8) is 0 Å². The Morgan fingerprint density at radius 2 is 2.10 bits per heavy atom. The van der Waals surface area contributed by atoms with Gasteiger partial charge in [-0.05, 0) is 44.4 Å². The topological polar surface area (TPSA) is 28.4 Å². The van der Waals surface area contributed by atoms with Gasteiger partial charge in [0.05, 0.1) is 5.60 Å². The summed E-state index contributed by atoms with van der Waals surface area (Å²) in [7, 11) is 2.15. The van der Waals surface area contributed by atoms with Crippen LogP contribution < -0.4 is 0 Å². The average molecular weight is 286 g/mol. The highest BCUT2D eigenvalue weighted by molar-refractivity contribution is 5.82. The van der Waals surface area contributed by atoms with Crippen molar-refractivity contribution in [2.75, 3.05) is 13.1 Å². The lowest BCUT2D eigenvalue weighted by molar-refractivity contribution is -0.0527.